The van der Waals surface area contributed by atoms with E-state index in [0.717, 1.165) is 32.0 Å². The van der Waals surface area contributed by atoms with Gasteiger partial charge in [-0.3, -0.25) is 9.67 Å². The molecule has 7 nitrogen and oxygen atoms in total. The Morgan fingerprint density at radius 1 is 1.33 bits per heavy atom. The molecule has 24 heavy (non-hydrogen) atoms. The molecule has 0 amide bonds. The van der Waals surface area contributed by atoms with Gasteiger partial charge in [-0.25, -0.2) is 8.42 Å². The van der Waals surface area contributed by atoms with E-state index >= 15 is 0 Å². The maximum absolute atomic E-state index is 11.3. The quantitative estimate of drug-likeness (QED) is 0.374. The molecule has 8 heteroatoms. The van der Waals surface area contributed by atoms with Gasteiger partial charge in [-0.1, -0.05) is 13.8 Å². The third-order valence-electron chi connectivity index (χ3n) is 3.57. The number of aryl methyl sites for hydroxylation is 1. The van der Waals surface area contributed by atoms with Crippen molar-refractivity contribution in [1.29, 1.82) is 0 Å². The first-order valence-corrected chi connectivity index (χ1v) is 10.5. The number of hydrogen-bond donors (Lipinski definition) is 2. The summed E-state index contributed by atoms with van der Waals surface area (Å²) in [6.45, 7) is 9.14. The van der Waals surface area contributed by atoms with Gasteiger partial charge in [0.2, 0.25) is 0 Å². The minimum atomic E-state index is -2.93. The fourth-order valence-corrected chi connectivity index (χ4v) is 2.98. The van der Waals surface area contributed by atoms with Crippen molar-refractivity contribution in [2.24, 2.45) is 10.4 Å². The first-order chi connectivity index (χ1) is 11.2. The molecule has 1 aromatic rings. The molecule has 0 bridgehead atoms. The average molecular weight is 358 g/mol. The lowest BCUT2D eigenvalue weighted by atomic mass is 9.90. The molecule has 0 atom stereocenters. The predicted molar refractivity (Wildman–Crippen MR) is 98.9 cm³/mol. The van der Waals surface area contributed by atoms with Crippen molar-refractivity contribution in [3.63, 3.8) is 0 Å². The molecule has 0 fully saturated rings. The number of nitrogens with one attached hydrogen (secondary N) is 2. The third kappa shape index (κ3) is 9.54. The first kappa shape index (κ1) is 20.5. The number of sulfone groups is 1. The van der Waals surface area contributed by atoms with E-state index in [1.54, 1.807) is 6.20 Å². The fourth-order valence-electron chi connectivity index (χ4n) is 2.06. The molecule has 0 aromatic carbocycles. The monoisotopic (exact) mass is 357 g/mol. The van der Waals surface area contributed by atoms with E-state index in [2.05, 4.69) is 20.7 Å². The van der Waals surface area contributed by atoms with Crippen LogP contribution in [0.4, 0.5) is 0 Å². The van der Waals surface area contributed by atoms with E-state index in [9.17, 15) is 8.42 Å². The van der Waals surface area contributed by atoms with Gasteiger partial charge < -0.3 is 10.6 Å². The molecule has 2 N–H and O–H groups in total. The summed E-state index contributed by atoms with van der Waals surface area (Å²) in [6.07, 6.45) is 6.55. The van der Waals surface area contributed by atoms with Crippen molar-refractivity contribution >= 4 is 15.8 Å². The van der Waals surface area contributed by atoms with Crippen LogP contribution < -0.4 is 10.6 Å². The second-order valence-electron chi connectivity index (χ2n) is 6.79. The van der Waals surface area contributed by atoms with Crippen molar-refractivity contribution in [2.45, 2.75) is 40.2 Å². The smallest absolute Gasteiger partial charge is 0.191 e. The fraction of sp³-hybridized carbons (Fsp3) is 0.750. The van der Waals surface area contributed by atoms with Gasteiger partial charge in [0.1, 0.15) is 9.84 Å². The standard InChI is InChI=1S/C16H31N5O2S/c1-5-17-15(18-9-6-11-21-12-7-10-20-21)19-14-16(2,3)8-13-24(4,22)23/h7,10,12H,5-6,8-9,11,13-14H2,1-4H3,(H2,17,18,19). The molecule has 0 aliphatic carbocycles. The van der Waals surface area contributed by atoms with Gasteiger partial charge in [0.15, 0.2) is 5.96 Å². The van der Waals surface area contributed by atoms with Gasteiger partial charge in [0.25, 0.3) is 0 Å². The topological polar surface area (TPSA) is 88.4 Å². The van der Waals surface area contributed by atoms with Crippen LogP contribution in [0.15, 0.2) is 23.5 Å². The lowest BCUT2D eigenvalue weighted by Crippen LogP contribution is -2.39. The molecular formula is C16H31N5O2S. The summed E-state index contributed by atoms with van der Waals surface area (Å²) in [6, 6.07) is 1.91. The second kappa shape index (κ2) is 9.66. The predicted octanol–water partition coefficient (Wildman–Crippen LogP) is 1.29. The van der Waals surface area contributed by atoms with Gasteiger partial charge in [-0.15, -0.1) is 0 Å². The van der Waals surface area contributed by atoms with Crippen LogP contribution in [0.2, 0.25) is 0 Å². The highest BCUT2D eigenvalue weighted by Gasteiger charge is 2.20. The van der Waals surface area contributed by atoms with Crippen LogP contribution in [-0.2, 0) is 16.4 Å². The summed E-state index contributed by atoms with van der Waals surface area (Å²) in [5.74, 6) is 0.967. The molecular weight excluding hydrogens is 326 g/mol. The molecule has 0 saturated carbocycles. The molecule has 138 valence electrons. The first-order valence-electron chi connectivity index (χ1n) is 8.39. The van der Waals surface area contributed by atoms with Gasteiger partial charge in [-0.05, 0) is 31.2 Å². The highest BCUT2D eigenvalue weighted by atomic mass is 32.2. The Morgan fingerprint density at radius 2 is 2.08 bits per heavy atom. The van der Waals surface area contributed by atoms with E-state index in [0.29, 0.717) is 13.0 Å². The molecule has 0 aliphatic rings. The maximum Gasteiger partial charge on any atom is 0.191 e. The molecule has 0 unspecified atom stereocenters. The minimum Gasteiger partial charge on any atom is -0.357 e. The Balaban J connectivity index is 2.42. The number of nitrogens with zero attached hydrogens (tertiary/aromatic N) is 3. The second-order valence-corrected chi connectivity index (χ2v) is 9.05. The third-order valence-corrected chi connectivity index (χ3v) is 4.52. The molecule has 1 aromatic heterocycles. The number of aromatic nitrogens is 2. The molecule has 1 rings (SSSR count). The summed E-state index contributed by atoms with van der Waals surface area (Å²) < 4.78 is 24.5. The zero-order valence-electron chi connectivity index (χ0n) is 15.2. The highest BCUT2D eigenvalue weighted by Crippen LogP contribution is 2.21. The Labute approximate surface area is 145 Å². The summed E-state index contributed by atoms with van der Waals surface area (Å²) >= 11 is 0. The zero-order chi connectivity index (χ0) is 18.1. The maximum atomic E-state index is 11.3. The van der Waals surface area contributed by atoms with Crippen molar-refractivity contribution in [1.82, 2.24) is 20.4 Å². The Morgan fingerprint density at radius 3 is 2.67 bits per heavy atom. The summed E-state index contributed by atoms with van der Waals surface area (Å²) in [5, 5.41) is 10.7. The average Bonchev–Trinajstić information content (AvgIpc) is 3.00. The van der Waals surface area contributed by atoms with E-state index in [4.69, 9.17) is 0 Å². The van der Waals surface area contributed by atoms with E-state index in [1.807, 2.05) is 37.7 Å². The van der Waals surface area contributed by atoms with Crippen molar-refractivity contribution in [3.05, 3.63) is 18.5 Å². The Bertz CT molecular complexity index is 594. The molecule has 0 aliphatic heterocycles. The van der Waals surface area contributed by atoms with Crippen LogP contribution in [0, 0.1) is 5.41 Å². The van der Waals surface area contributed by atoms with Crippen molar-refractivity contribution < 1.29 is 8.42 Å². The number of aliphatic imine (C=N–C) groups is 1. The molecule has 0 spiro atoms. The number of hydrogen-bond acceptors (Lipinski definition) is 4. The summed E-state index contributed by atoms with van der Waals surface area (Å²) in [4.78, 5) is 4.60. The zero-order valence-corrected chi connectivity index (χ0v) is 16.1. The highest BCUT2D eigenvalue weighted by molar-refractivity contribution is 7.90. The number of rotatable bonds is 10. The van der Waals surface area contributed by atoms with Crippen LogP contribution >= 0.6 is 0 Å². The SMILES string of the molecule is CCNC(=NCC(C)(C)CCS(C)(=O)=O)NCCCn1cccn1. The lowest BCUT2D eigenvalue weighted by Gasteiger charge is -2.22. The van der Waals surface area contributed by atoms with Crippen LogP contribution in [0.5, 0.6) is 0 Å². The Hall–Kier alpha value is -1.57. The van der Waals surface area contributed by atoms with Crippen molar-refractivity contribution in [2.75, 3.05) is 31.6 Å². The number of guanidine groups is 1. The van der Waals surface area contributed by atoms with Crippen molar-refractivity contribution in [3.8, 4) is 0 Å². The van der Waals surface area contributed by atoms with Gasteiger partial charge in [0, 0.05) is 44.8 Å². The van der Waals surface area contributed by atoms with E-state index in [1.165, 1.54) is 6.26 Å². The summed E-state index contributed by atoms with van der Waals surface area (Å²) in [7, 11) is -2.93. The van der Waals surface area contributed by atoms with Crippen LogP contribution in [0.3, 0.4) is 0 Å². The lowest BCUT2D eigenvalue weighted by molar-refractivity contribution is 0.365. The molecule has 0 saturated heterocycles. The van der Waals surface area contributed by atoms with Gasteiger partial charge in [-0.2, -0.15) is 5.10 Å². The Kier molecular flexibility index (Phi) is 8.24. The normalized spacial score (nSPS) is 13.1. The summed E-state index contributed by atoms with van der Waals surface area (Å²) in [5.41, 5.74) is -0.152. The van der Waals surface area contributed by atoms with E-state index < -0.39 is 9.84 Å². The van der Waals surface area contributed by atoms with E-state index in [-0.39, 0.29) is 11.2 Å². The molecule has 1 heterocycles. The van der Waals surface area contributed by atoms with Gasteiger partial charge in [0.05, 0.1) is 5.75 Å². The van der Waals surface area contributed by atoms with Gasteiger partial charge >= 0.3 is 0 Å². The van der Waals surface area contributed by atoms with Crippen LogP contribution in [0.1, 0.15) is 33.6 Å². The van der Waals surface area contributed by atoms with Crippen LogP contribution in [-0.4, -0.2) is 55.8 Å². The largest absolute Gasteiger partial charge is 0.357 e. The van der Waals surface area contributed by atoms with Crippen LogP contribution in [0.25, 0.3) is 0 Å². The minimum absolute atomic E-state index is 0.152. The molecule has 0 radical (unpaired) electrons.